The van der Waals surface area contributed by atoms with Crippen molar-refractivity contribution in [2.75, 3.05) is 10.6 Å². The fourth-order valence-corrected chi connectivity index (χ4v) is 2.60. The highest BCUT2D eigenvalue weighted by atomic mass is 16.2. The number of benzene rings is 2. The summed E-state index contributed by atoms with van der Waals surface area (Å²) in [5.41, 5.74) is 4.37. The van der Waals surface area contributed by atoms with Crippen LogP contribution in [0.1, 0.15) is 35.3 Å². The number of amides is 2. The molecule has 24 heavy (non-hydrogen) atoms. The molecule has 0 unspecified atom stereocenters. The second-order valence-electron chi connectivity index (χ2n) is 6.27. The van der Waals surface area contributed by atoms with Gasteiger partial charge in [-0.3, -0.25) is 9.59 Å². The van der Waals surface area contributed by atoms with Gasteiger partial charge in [0, 0.05) is 35.9 Å². The van der Waals surface area contributed by atoms with E-state index in [-0.39, 0.29) is 17.7 Å². The fourth-order valence-electron chi connectivity index (χ4n) is 2.60. The van der Waals surface area contributed by atoms with Crippen LogP contribution in [0.15, 0.2) is 42.5 Å². The first-order valence-electron chi connectivity index (χ1n) is 8.08. The number of carbonyl (C=O) groups excluding carboxylic acids is 2. The summed E-state index contributed by atoms with van der Waals surface area (Å²) in [6.45, 7) is 5.33. The van der Waals surface area contributed by atoms with E-state index in [4.69, 9.17) is 0 Å². The van der Waals surface area contributed by atoms with E-state index in [1.165, 1.54) is 11.1 Å². The molecule has 5 heteroatoms. The Bertz CT molecular complexity index is 784. The van der Waals surface area contributed by atoms with Gasteiger partial charge in [-0.25, -0.2) is 0 Å². The molecule has 3 N–H and O–H groups in total. The van der Waals surface area contributed by atoms with Crippen LogP contribution >= 0.6 is 0 Å². The van der Waals surface area contributed by atoms with E-state index >= 15 is 0 Å². The van der Waals surface area contributed by atoms with Crippen LogP contribution in [0, 0.1) is 5.92 Å². The van der Waals surface area contributed by atoms with E-state index in [0.29, 0.717) is 16.9 Å². The molecular formula is C19H21N3O2. The molecule has 2 aromatic carbocycles. The second kappa shape index (κ2) is 6.84. The van der Waals surface area contributed by atoms with Crippen molar-refractivity contribution in [3.8, 4) is 0 Å². The van der Waals surface area contributed by atoms with Crippen LogP contribution in [-0.2, 0) is 17.9 Å². The largest absolute Gasteiger partial charge is 0.326 e. The molecule has 3 rings (SSSR count). The van der Waals surface area contributed by atoms with Gasteiger partial charge in [-0.2, -0.15) is 0 Å². The maximum absolute atomic E-state index is 12.4. The summed E-state index contributed by atoms with van der Waals surface area (Å²) in [5, 5.41) is 8.98. The van der Waals surface area contributed by atoms with Crippen molar-refractivity contribution in [3.05, 3.63) is 59.2 Å². The highest BCUT2D eigenvalue weighted by Crippen LogP contribution is 2.20. The zero-order valence-corrected chi connectivity index (χ0v) is 13.8. The molecule has 5 nitrogen and oxygen atoms in total. The third-order valence-electron chi connectivity index (χ3n) is 4.01. The number of anilines is 2. The van der Waals surface area contributed by atoms with Crippen molar-refractivity contribution in [1.29, 1.82) is 0 Å². The van der Waals surface area contributed by atoms with Gasteiger partial charge in [0.2, 0.25) is 5.91 Å². The zero-order chi connectivity index (χ0) is 17.1. The van der Waals surface area contributed by atoms with Crippen LogP contribution in [-0.4, -0.2) is 11.8 Å². The Morgan fingerprint density at radius 2 is 1.67 bits per heavy atom. The molecule has 2 amide bonds. The van der Waals surface area contributed by atoms with E-state index < -0.39 is 0 Å². The normalized spacial score (nSPS) is 12.8. The highest BCUT2D eigenvalue weighted by molar-refractivity contribution is 6.05. The van der Waals surface area contributed by atoms with Gasteiger partial charge in [-0.05, 0) is 41.5 Å². The van der Waals surface area contributed by atoms with E-state index in [1.54, 1.807) is 24.3 Å². The molecule has 2 aromatic rings. The molecule has 0 saturated carbocycles. The molecule has 0 atom stereocenters. The highest BCUT2D eigenvalue weighted by Gasteiger charge is 2.14. The van der Waals surface area contributed by atoms with Crippen LogP contribution in [0.4, 0.5) is 11.4 Å². The predicted octanol–water partition coefficient (Wildman–Crippen LogP) is 3.14. The van der Waals surface area contributed by atoms with Gasteiger partial charge in [0.25, 0.3) is 5.91 Å². The molecule has 0 aromatic heterocycles. The Morgan fingerprint density at radius 1 is 0.958 bits per heavy atom. The Labute approximate surface area is 141 Å². The Morgan fingerprint density at radius 3 is 2.42 bits per heavy atom. The number of carbonyl (C=O) groups is 2. The van der Waals surface area contributed by atoms with Crippen molar-refractivity contribution in [1.82, 2.24) is 5.32 Å². The first-order valence-corrected chi connectivity index (χ1v) is 8.08. The maximum atomic E-state index is 12.4. The summed E-state index contributed by atoms with van der Waals surface area (Å²) in [5.74, 6) is -0.301. The van der Waals surface area contributed by atoms with Gasteiger partial charge in [0.1, 0.15) is 0 Å². The summed E-state index contributed by atoms with van der Waals surface area (Å²) in [7, 11) is 0. The van der Waals surface area contributed by atoms with E-state index in [0.717, 1.165) is 13.1 Å². The average molecular weight is 323 g/mol. The number of rotatable bonds is 4. The van der Waals surface area contributed by atoms with Gasteiger partial charge in [-0.15, -0.1) is 0 Å². The van der Waals surface area contributed by atoms with Crippen LogP contribution < -0.4 is 16.0 Å². The second-order valence-corrected chi connectivity index (χ2v) is 6.27. The number of nitrogens with one attached hydrogen (secondary N) is 3. The average Bonchev–Trinajstić information content (AvgIpc) is 3.02. The molecule has 0 bridgehead atoms. The minimum Gasteiger partial charge on any atom is -0.326 e. The van der Waals surface area contributed by atoms with Crippen molar-refractivity contribution < 1.29 is 9.59 Å². The van der Waals surface area contributed by atoms with Crippen LogP contribution in [0.5, 0.6) is 0 Å². The van der Waals surface area contributed by atoms with Gasteiger partial charge in [0.15, 0.2) is 0 Å². The molecule has 0 aliphatic carbocycles. The lowest BCUT2D eigenvalue weighted by Gasteiger charge is -2.10. The van der Waals surface area contributed by atoms with Crippen molar-refractivity contribution in [3.63, 3.8) is 0 Å². The summed E-state index contributed by atoms with van der Waals surface area (Å²) in [4.78, 5) is 24.2. The molecule has 0 saturated heterocycles. The molecule has 0 spiro atoms. The first-order chi connectivity index (χ1) is 11.5. The molecule has 1 aliphatic heterocycles. The number of fused-ring (bicyclic) bond motifs is 1. The zero-order valence-electron chi connectivity index (χ0n) is 13.8. The summed E-state index contributed by atoms with van der Waals surface area (Å²) in [6, 6.07) is 12.9. The fraction of sp³-hybridized carbons (Fsp3) is 0.263. The number of hydrogen-bond acceptors (Lipinski definition) is 3. The van der Waals surface area contributed by atoms with Crippen molar-refractivity contribution in [2.24, 2.45) is 5.92 Å². The van der Waals surface area contributed by atoms with Gasteiger partial charge < -0.3 is 16.0 Å². The molecule has 1 aliphatic rings. The van der Waals surface area contributed by atoms with Gasteiger partial charge >= 0.3 is 0 Å². The minimum absolute atomic E-state index is 0.0513. The van der Waals surface area contributed by atoms with Crippen LogP contribution in [0.3, 0.4) is 0 Å². The predicted molar refractivity (Wildman–Crippen MR) is 94.8 cm³/mol. The summed E-state index contributed by atoms with van der Waals surface area (Å²) in [6.07, 6.45) is 0. The minimum atomic E-state index is -0.156. The quantitative estimate of drug-likeness (QED) is 0.809. The lowest BCUT2D eigenvalue weighted by molar-refractivity contribution is -0.118. The van der Waals surface area contributed by atoms with Gasteiger partial charge in [-0.1, -0.05) is 26.0 Å². The lowest BCUT2D eigenvalue weighted by Crippen LogP contribution is -2.18. The molecule has 0 fully saturated rings. The van der Waals surface area contributed by atoms with E-state index in [1.807, 2.05) is 32.0 Å². The summed E-state index contributed by atoms with van der Waals surface area (Å²) < 4.78 is 0. The summed E-state index contributed by atoms with van der Waals surface area (Å²) >= 11 is 0. The number of hydrogen-bond donors (Lipinski definition) is 3. The van der Waals surface area contributed by atoms with Gasteiger partial charge in [0.05, 0.1) is 0 Å². The standard InChI is InChI=1S/C19H21N3O2/c1-12(2)18(23)21-16-4-3-5-17(9-16)22-19(24)13-6-7-14-10-20-11-15(14)8-13/h3-9,12,20H,10-11H2,1-2H3,(H,21,23)(H,22,24). The monoisotopic (exact) mass is 323 g/mol. The Balaban J connectivity index is 1.71. The van der Waals surface area contributed by atoms with E-state index in [2.05, 4.69) is 16.0 Å². The molecule has 124 valence electrons. The Hall–Kier alpha value is -2.66. The first kappa shape index (κ1) is 16.2. The lowest BCUT2D eigenvalue weighted by atomic mass is 10.1. The third-order valence-corrected chi connectivity index (χ3v) is 4.01. The molecular weight excluding hydrogens is 302 g/mol. The van der Waals surface area contributed by atoms with Crippen LogP contribution in [0.25, 0.3) is 0 Å². The third kappa shape index (κ3) is 3.63. The maximum Gasteiger partial charge on any atom is 0.255 e. The van der Waals surface area contributed by atoms with Crippen molar-refractivity contribution in [2.45, 2.75) is 26.9 Å². The van der Waals surface area contributed by atoms with E-state index in [9.17, 15) is 9.59 Å². The van der Waals surface area contributed by atoms with Crippen LogP contribution in [0.2, 0.25) is 0 Å². The van der Waals surface area contributed by atoms with Crippen molar-refractivity contribution >= 4 is 23.2 Å². The molecule has 0 radical (unpaired) electrons. The smallest absolute Gasteiger partial charge is 0.255 e. The SMILES string of the molecule is CC(C)C(=O)Nc1cccc(NC(=O)c2ccc3c(c2)CNC3)c1. The molecule has 1 heterocycles. The Kier molecular flexibility index (Phi) is 4.62. The topological polar surface area (TPSA) is 70.2 Å².